The molecular formula is C30H31NO4. The van der Waals surface area contributed by atoms with Gasteiger partial charge in [-0.3, -0.25) is 14.5 Å². The molecule has 1 amide bonds. The van der Waals surface area contributed by atoms with Crippen molar-refractivity contribution in [2.75, 3.05) is 4.90 Å². The zero-order valence-electron chi connectivity index (χ0n) is 21.0. The highest BCUT2D eigenvalue weighted by atomic mass is 16.5. The first-order chi connectivity index (χ1) is 16.6. The number of ketones is 1. The molecule has 0 aliphatic carbocycles. The van der Waals surface area contributed by atoms with Crippen LogP contribution < -0.4 is 9.64 Å². The highest BCUT2D eigenvalue weighted by Gasteiger charge is 2.47. The molecule has 5 heteroatoms. The van der Waals surface area contributed by atoms with Crippen LogP contribution in [0.15, 0.2) is 66.2 Å². The number of ether oxygens (including phenoxy) is 1. The molecule has 1 heterocycles. The van der Waals surface area contributed by atoms with E-state index in [2.05, 4.69) is 0 Å². The lowest BCUT2D eigenvalue weighted by Gasteiger charge is -2.26. The van der Waals surface area contributed by atoms with Crippen molar-refractivity contribution >= 4 is 23.1 Å². The minimum absolute atomic E-state index is 0.0358. The van der Waals surface area contributed by atoms with E-state index in [-0.39, 0.29) is 17.4 Å². The second kappa shape index (κ2) is 9.41. The van der Waals surface area contributed by atoms with Gasteiger partial charge in [-0.05, 0) is 94.1 Å². The van der Waals surface area contributed by atoms with Gasteiger partial charge in [0.15, 0.2) is 0 Å². The first-order valence-electron chi connectivity index (χ1n) is 11.8. The summed E-state index contributed by atoms with van der Waals surface area (Å²) in [6.07, 6.45) is -0.0358. The van der Waals surface area contributed by atoms with Crippen molar-refractivity contribution in [2.45, 2.75) is 53.7 Å². The molecule has 1 N–H and O–H groups in total. The molecule has 0 radical (unpaired) electrons. The first-order valence-corrected chi connectivity index (χ1v) is 11.8. The van der Waals surface area contributed by atoms with Crippen LogP contribution in [0.5, 0.6) is 5.75 Å². The lowest BCUT2D eigenvalue weighted by molar-refractivity contribution is -0.132. The number of nitrogens with zero attached hydrogens (tertiary/aromatic N) is 1. The Labute approximate surface area is 206 Å². The maximum absolute atomic E-state index is 13.5. The third-order valence-electron chi connectivity index (χ3n) is 6.41. The number of carbonyl (C=O) groups is 2. The lowest BCUT2D eigenvalue weighted by Crippen LogP contribution is -2.29. The predicted octanol–water partition coefficient (Wildman–Crippen LogP) is 6.33. The minimum Gasteiger partial charge on any atom is -0.507 e. The van der Waals surface area contributed by atoms with E-state index in [9.17, 15) is 14.7 Å². The Morgan fingerprint density at radius 2 is 1.60 bits per heavy atom. The fraction of sp³-hybridized carbons (Fsp3) is 0.267. The van der Waals surface area contributed by atoms with Gasteiger partial charge in [0.2, 0.25) is 0 Å². The fourth-order valence-electron chi connectivity index (χ4n) is 4.46. The second-order valence-electron chi connectivity index (χ2n) is 9.50. The van der Waals surface area contributed by atoms with Crippen molar-refractivity contribution in [1.82, 2.24) is 0 Å². The average molecular weight is 470 g/mol. The summed E-state index contributed by atoms with van der Waals surface area (Å²) in [6, 6.07) is 17.9. The molecule has 1 aliphatic rings. The summed E-state index contributed by atoms with van der Waals surface area (Å²) in [7, 11) is 0. The molecule has 0 saturated carbocycles. The Bertz CT molecular complexity index is 1350. The summed E-state index contributed by atoms with van der Waals surface area (Å²) in [6.45, 7) is 11.6. The summed E-state index contributed by atoms with van der Waals surface area (Å²) < 4.78 is 5.89. The number of benzene rings is 3. The van der Waals surface area contributed by atoms with Crippen molar-refractivity contribution in [3.8, 4) is 5.75 Å². The molecule has 1 aliphatic heterocycles. The topological polar surface area (TPSA) is 66.8 Å². The molecule has 3 aromatic rings. The number of hydrogen-bond acceptors (Lipinski definition) is 4. The van der Waals surface area contributed by atoms with E-state index in [4.69, 9.17) is 4.74 Å². The second-order valence-corrected chi connectivity index (χ2v) is 9.50. The van der Waals surface area contributed by atoms with Gasteiger partial charge in [0, 0.05) is 11.3 Å². The molecule has 0 spiro atoms. The van der Waals surface area contributed by atoms with Gasteiger partial charge in [0.25, 0.3) is 11.7 Å². The van der Waals surface area contributed by atoms with Crippen molar-refractivity contribution in [1.29, 1.82) is 0 Å². The van der Waals surface area contributed by atoms with Crippen LogP contribution >= 0.6 is 0 Å². The van der Waals surface area contributed by atoms with Crippen LogP contribution in [-0.2, 0) is 9.59 Å². The summed E-state index contributed by atoms with van der Waals surface area (Å²) in [5, 5.41) is 11.5. The van der Waals surface area contributed by atoms with E-state index in [1.54, 1.807) is 0 Å². The van der Waals surface area contributed by atoms with Gasteiger partial charge in [-0.2, -0.15) is 0 Å². The number of aliphatic hydroxyl groups excluding tert-OH is 1. The van der Waals surface area contributed by atoms with E-state index in [0.717, 1.165) is 22.3 Å². The van der Waals surface area contributed by atoms with E-state index in [1.807, 2.05) is 102 Å². The maximum atomic E-state index is 13.5. The molecule has 1 atom stereocenters. The third-order valence-corrected chi connectivity index (χ3v) is 6.41. The van der Waals surface area contributed by atoms with Crippen LogP contribution in [0, 0.1) is 27.7 Å². The average Bonchev–Trinajstić information content (AvgIpc) is 3.07. The standard InChI is InChI=1S/C30H31NO4/c1-17(2)35-24-9-7-8-22(16-24)27-26(28(32)25-14-18(3)10-11-20(25)5)29(33)30(34)31(27)23-13-12-19(4)21(6)15-23/h7-17,27,32H,1-6H3/b28-26+. The first kappa shape index (κ1) is 24.3. The van der Waals surface area contributed by atoms with Crippen LogP contribution in [-0.4, -0.2) is 22.9 Å². The molecule has 4 rings (SSSR count). The molecule has 5 nitrogen and oxygen atoms in total. The Morgan fingerprint density at radius 3 is 2.29 bits per heavy atom. The number of carbonyl (C=O) groups excluding carboxylic acids is 2. The Kier molecular flexibility index (Phi) is 6.53. The highest BCUT2D eigenvalue weighted by Crippen LogP contribution is 2.43. The number of Topliss-reactive ketones (excluding diaryl/α,β-unsaturated/α-hetero) is 1. The molecule has 0 bridgehead atoms. The molecular weight excluding hydrogens is 438 g/mol. The molecule has 1 fully saturated rings. The maximum Gasteiger partial charge on any atom is 0.300 e. The molecule has 35 heavy (non-hydrogen) atoms. The summed E-state index contributed by atoms with van der Waals surface area (Å²) in [5.41, 5.74) is 5.78. The summed E-state index contributed by atoms with van der Waals surface area (Å²) >= 11 is 0. The zero-order chi connectivity index (χ0) is 25.4. The third kappa shape index (κ3) is 4.59. The van der Waals surface area contributed by atoms with Crippen LogP contribution in [0.3, 0.4) is 0 Å². The molecule has 1 unspecified atom stereocenters. The van der Waals surface area contributed by atoms with E-state index < -0.39 is 17.7 Å². The quantitative estimate of drug-likeness (QED) is 0.269. The fourth-order valence-corrected chi connectivity index (χ4v) is 4.46. The molecule has 1 saturated heterocycles. The number of aryl methyl sites for hydroxylation is 4. The number of aliphatic hydroxyl groups is 1. The van der Waals surface area contributed by atoms with Crippen LogP contribution in [0.1, 0.15) is 53.3 Å². The number of amides is 1. The van der Waals surface area contributed by atoms with E-state index in [0.29, 0.717) is 22.6 Å². The molecule has 0 aromatic heterocycles. The smallest absolute Gasteiger partial charge is 0.300 e. The summed E-state index contributed by atoms with van der Waals surface area (Å²) in [5.74, 6) is -0.909. The predicted molar refractivity (Wildman–Crippen MR) is 139 cm³/mol. The normalized spacial score (nSPS) is 17.3. The molecule has 3 aromatic carbocycles. The number of anilines is 1. The molecule has 180 valence electrons. The van der Waals surface area contributed by atoms with E-state index >= 15 is 0 Å². The van der Waals surface area contributed by atoms with Gasteiger partial charge < -0.3 is 9.84 Å². The van der Waals surface area contributed by atoms with Crippen molar-refractivity contribution in [3.63, 3.8) is 0 Å². The Morgan fingerprint density at radius 1 is 0.886 bits per heavy atom. The highest BCUT2D eigenvalue weighted by molar-refractivity contribution is 6.51. The summed E-state index contributed by atoms with van der Waals surface area (Å²) in [4.78, 5) is 28.4. The largest absolute Gasteiger partial charge is 0.507 e. The monoisotopic (exact) mass is 469 g/mol. The van der Waals surface area contributed by atoms with Crippen molar-refractivity contribution in [3.05, 3.63) is 99.6 Å². The van der Waals surface area contributed by atoms with Crippen LogP contribution in [0.4, 0.5) is 5.69 Å². The van der Waals surface area contributed by atoms with E-state index in [1.165, 1.54) is 4.90 Å². The van der Waals surface area contributed by atoms with Gasteiger partial charge in [0.05, 0.1) is 17.7 Å². The number of hydrogen-bond donors (Lipinski definition) is 1. The van der Waals surface area contributed by atoms with Crippen LogP contribution in [0.2, 0.25) is 0 Å². The number of rotatable bonds is 5. The van der Waals surface area contributed by atoms with Gasteiger partial charge in [-0.15, -0.1) is 0 Å². The minimum atomic E-state index is -0.798. The lowest BCUT2D eigenvalue weighted by atomic mass is 9.93. The van der Waals surface area contributed by atoms with Gasteiger partial charge in [-0.25, -0.2) is 0 Å². The van der Waals surface area contributed by atoms with Crippen LogP contribution in [0.25, 0.3) is 5.76 Å². The van der Waals surface area contributed by atoms with Crippen molar-refractivity contribution < 1.29 is 19.4 Å². The van der Waals surface area contributed by atoms with Crippen molar-refractivity contribution in [2.24, 2.45) is 0 Å². The Balaban J connectivity index is 1.98. The van der Waals surface area contributed by atoms with Gasteiger partial charge in [-0.1, -0.05) is 35.9 Å². The Hall–Kier alpha value is -3.86. The zero-order valence-corrected chi connectivity index (χ0v) is 21.0. The SMILES string of the molecule is Cc1ccc(C)c(/C(O)=C2\C(=O)C(=O)N(c3ccc(C)c(C)c3)C2c2cccc(OC(C)C)c2)c1. The van der Waals surface area contributed by atoms with Gasteiger partial charge in [0.1, 0.15) is 11.5 Å². The van der Waals surface area contributed by atoms with Gasteiger partial charge >= 0.3 is 0 Å².